The number of anilines is 2. The fourth-order valence-corrected chi connectivity index (χ4v) is 4.33. The number of nitrogens with zero attached hydrogens (tertiary/aromatic N) is 6. The van der Waals surface area contributed by atoms with Gasteiger partial charge in [0.2, 0.25) is 11.9 Å². The molecule has 1 aliphatic rings. The van der Waals surface area contributed by atoms with Crippen molar-refractivity contribution < 1.29 is 18.0 Å². The van der Waals surface area contributed by atoms with E-state index in [-0.39, 0.29) is 5.91 Å². The first kappa shape index (κ1) is 25.7. The van der Waals surface area contributed by atoms with Gasteiger partial charge in [-0.05, 0) is 38.9 Å². The number of piperidine rings is 1. The minimum absolute atomic E-state index is 0.139. The van der Waals surface area contributed by atoms with Gasteiger partial charge < -0.3 is 25.0 Å². The van der Waals surface area contributed by atoms with Gasteiger partial charge in [-0.3, -0.25) is 4.79 Å². The first-order chi connectivity index (χ1) is 17.0. The van der Waals surface area contributed by atoms with E-state index in [1.807, 2.05) is 42.9 Å². The van der Waals surface area contributed by atoms with E-state index in [9.17, 15) is 18.0 Å². The molecule has 194 valence electrons. The molecule has 0 spiro atoms. The maximum absolute atomic E-state index is 13.3. The van der Waals surface area contributed by atoms with Crippen LogP contribution in [0, 0.1) is 5.92 Å². The topological polar surface area (TPSA) is 93.3 Å². The summed E-state index contributed by atoms with van der Waals surface area (Å²) in [4.78, 5) is 33.9. The Balaban J connectivity index is 1.51. The summed E-state index contributed by atoms with van der Waals surface area (Å²) < 4.78 is 39.9. The Hall–Kier alpha value is -3.41. The Morgan fingerprint density at radius 1 is 1.17 bits per heavy atom. The highest BCUT2D eigenvalue weighted by atomic mass is 19.4. The molecule has 4 rings (SSSR count). The van der Waals surface area contributed by atoms with Gasteiger partial charge in [-0.2, -0.15) is 13.2 Å². The molecular weight excluding hydrogens is 473 g/mol. The molecule has 0 saturated carbocycles. The molecule has 2 N–H and O–H groups in total. The third-order valence-corrected chi connectivity index (χ3v) is 6.33. The summed E-state index contributed by atoms with van der Waals surface area (Å²) in [5, 5.41) is 3.62. The van der Waals surface area contributed by atoms with Crippen LogP contribution in [0.15, 0.2) is 24.7 Å². The highest BCUT2D eigenvalue weighted by molar-refractivity contribution is 5.96. The van der Waals surface area contributed by atoms with Crippen molar-refractivity contribution in [1.29, 1.82) is 0 Å². The number of aromatic nitrogens is 4. The van der Waals surface area contributed by atoms with Gasteiger partial charge in [-0.1, -0.05) is 0 Å². The van der Waals surface area contributed by atoms with Crippen molar-refractivity contribution in [3.05, 3.63) is 30.2 Å². The second-order valence-electron chi connectivity index (χ2n) is 9.58. The fraction of sp³-hybridized carbons (Fsp3) is 0.500. The standard InChI is InChI=1S/C24H31F3N8O/c1-33(2)14-20(36)35-7-5-15(6-8-35)10-30-23-31-13-19(34(3)4)21(32-23)18-12-29-22-17(18)9-16(11-28-22)24(25,26)27/h9,11-13,15H,5-8,10,14H2,1-4H3,(H,28,29)(H,30,31,32). The largest absolute Gasteiger partial charge is 0.417 e. The highest BCUT2D eigenvalue weighted by Crippen LogP contribution is 2.36. The van der Waals surface area contributed by atoms with Crippen LogP contribution < -0.4 is 10.2 Å². The second-order valence-corrected chi connectivity index (χ2v) is 9.58. The molecule has 0 radical (unpaired) electrons. The number of likely N-dealkylation sites (tertiary alicyclic amines) is 1. The van der Waals surface area contributed by atoms with E-state index < -0.39 is 11.7 Å². The number of aromatic amines is 1. The van der Waals surface area contributed by atoms with Crippen molar-refractivity contribution in [1.82, 2.24) is 29.7 Å². The third-order valence-electron chi connectivity index (χ3n) is 6.33. The molecule has 1 amide bonds. The smallest absolute Gasteiger partial charge is 0.375 e. The number of rotatable bonds is 7. The molecule has 0 aliphatic carbocycles. The quantitative estimate of drug-likeness (QED) is 0.510. The minimum Gasteiger partial charge on any atom is -0.375 e. The first-order valence-electron chi connectivity index (χ1n) is 11.8. The number of pyridine rings is 1. The van der Waals surface area contributed by atoms with Crippen LogP contribution in [0.1, 0.15) is 18.4 Å². The number of H-pyrrole nitrogens is 1. The predicted molar refractivity (Wildman–Crippen MR) is 133 cm³/mol. The van der Waals surface area contributed by atoms with Gasteiger partial charge in [-0.15, -0.1) is 0 Å². The summed E-state index contributed by atoms with van der Waals surface area (Å²) in [6.45, 7) is 2.48. The maximum atomic E-state index is 13.3. The van der Waals surface area contributed by atoms with Gasteiger partial charge in [0.15, 0.2) is 0 Å². The molecule has 0 unspecified atom stereocenters. The molecule has 4 heterocycles. The summed E-state index contributed by atoms with van der Waals surface area (Å²) in [5.41, 5.74) is 1.24. The highest BCUT2D eigenvalue weighted by Gasteiger charge is 2.32. The normalized spacial score (nSPS) is 15.1. The van der Waals surface area contributed by atoms with Crippen LogP contribution >= 0.6 is 0 Å². The molecule has 0 bridgehead atoms. The number of amides is 1. The lowest BCUT2D eigenvalue weighted by atomic mass is 9.97. The number of hydrogen-bond acceptors (Lipinski definition) is 7. The van der Waals surface area contributed by atoms with Crippen molar-refractivity contribution in [2.75, 3.05) is 64.6 Å². The van der Waals surface area contributed by atoms with Crippen molar-refractivity contribution in [2.24, 2.45) is 5.92 Å². The van der Waals surface area contributed by atoms with Gasteiger partial charge in [0.05, 0.1) is 24.0 Å². The number of fused-ring (bicyclic) bond motifs is 1. The Bertz CT molecular complexity index is 1220. The van der Waals surface area contributed by atoms with Crippen molar-refractivity contribution >= 4 is 28.6 Å². The second kappa shape index (κ2) is 10.3. The molecule has 9 nitrogen and oxygen atoms in total. The van der Waals surface area contributed by atoms with Crippen LogP contribution in [0.2, 0.25) is 0 Å². The monoisotopic (exact) mass is 504 g/mol. The van der Waals surface area contributed by atoms with Gasteiger partial charge >= 0.3 is 6.18 Å². The predicted octanol–water partition coefficient (Wildman–Crippen LogP) is 3.32. The molecule has 0 aromatic carbocycles. The average molecular weight is 505 g/mol. The van der Waals surface area contributed by atoms with Gasteiger partial charge in [0, 0.05) is 57.1 Å². The third kappa shape index (κ3) is 5.69. The van der Waals surface area contributed by atoms with Gasteiger partial charge in [0.25, 0.3) is 0 Å². The van der Waals surface area contributed by atoms with Crippen LogP contribution in [-0.4, -0.2) is 90.0 Å². The number of carbonyl (C=O) groups excluding carboxylic acids is 1. The van der Waals surface area contributed by atoms with E-state index in [0.29, 0.717) is 66.0 Å². The molecule has 1 saturated heterocycles. The lowest BCUT2D eigenvalue weighted by Crippen LogP contribution is -2.43. The molecule has 12 heteroatoms. The SMILES string of the molecule is CN(C)CC(=O)N1CCC(CNc2ncc(N(C)C)c(-c3c[nH]c4ncc(C(F)(F)F)cc34)n2)CC1. The lowest BCUT2D eigenvalue weighted by Gasteiger charge is -2.32. The van der Waals surface area contributed by atoms with Crippen molar-refractivity contribution in [3.63, 3.8) is 0 Å². The number of alkyl halides is 3. The molecular formula is C24H31F3N8O. The Labute approximate surface area is 207 Å². The number of hydrogen-bond donors (Lipinski definition) is 2. The molecule has 1 fully saturated rings. The number of halogens is 3. The van der Waals surface area contributed by atoms with Crippen molar-refractivity contribution in [2.45, 2.75) is 19.0 Å². The molecule has 3 aromatic rings. The number of nitrogens with one attached hydrogen (secondary N) is 2. The number of carbonyl (C=O) groups is 1. The summed E-state index contributed by atoms with van der Waals surface area (Å²) in [7, 11) is 7.42. The fourth-order valence-electron chi connectivity index (χ4n) is 4.33. The average Bonchev–Trinajstić information content (AvgIpc) is 3.25. The Morgan fingerprint density at radius 2 is 1.89 bits per heavy atom. The zero-order valence-corrected chi connectivity index (χ0v) is 20.9. The van der Waals surface area contributed by atoms with Crippen molar-refractivity contribution in [3.8, 4) is 11.3 Å². The van der Waals surface area contributed by atoms with Crippen LogP contribution in [0.25, 0.3) is 22.3 Å². The van der Waals surface area contributed by atoms with E-state index in [2.05, 4.69) is 25.3 Å². The van der Waals surface area contributed by atoms with E-state index in [1.165, 1.54) is 0 Å². The summed E-state index contributed by atoms with van der Waals surface area (Å²) in [6, 6.07) is 1.09. The zero-order chi connectivity index (χ0) is 26.0. The maximum Gasteiger partial charge on any atom is 0.417 e. The zero-order valence-electron chi connectivity index (χ0n) is 20.9. The molecule has 36 heavy (non-hydrogen) atoms. The van der Waals surface area contributed by atoms with E-state index in [0.717, 1.165) is 25.1 Å². The van der Waals surface area contributed by atoms with Gasteiger partial charge in [-0.25, -0.2) is 15.0 Å². The van der Waals surface area contributed by atoms with Crippen LogP contribution in [0.3, 0.4) is 0 Å². The molecule has 3 aromatic heterocycles. The molecule has 1 aliphatic heterocycles. The first-order valence-corrected chi connectivity index (χ1v) is 11.8. The van der Waals surface area contributed by atoms with Crippen LogP contribution in [-0.2, 0) is 11.0 Å². The summed E-state index contributed by atoms with van der Waals surface area (Å²) in [6.07, 6.45) is 1.36. The lowest BCUT2D eigenvalue weighted by molar-refractivity contribution is -0.137. The van der Waals surface area contributed by atoms with Crippen LogP contribution in [0.4, 0.5) is 24.8 Å². The summed E-state index contributed by atoms with van der Waals surface area (Å²) in [5.74, 6) is 0.900. The van der Waals surface area contributed by atoms with E-state index >= 15 is 0 Å². The summed E-state index contributed by atoms with van der Waals surface area (Å²) >= 11 is 0. The van der Waals surface area contributed by atoms with Gasteiger partial charge in [0.1, 0.15) is 11.3 Å². The van der Waals surface area contributed by atoms with E-state index in [4.69, 9.17) is 0 Å². The Morgan fingerprint density at radius 3 is 2.53 bits per heavy atom. The molecule has 0 atom stereocenters. The van der Waals surface area contributed by atoms with E-state index in [1.54, 1.807) is 12.4 Å². The van der Waals surface area contributed by atoms with Crippen LogP contribution in [0.5, 0.6) is 0 Å². The minimum atomic E-state index is -4.49. The number of likely N-dealkylation sites (N-methyl/N-ethyl adjacent to an activating group) is 1. The Kier molecular flexibility index (Phi) is 7.34.